The third kappa shape index (κ3) is 3.98. The first kappa shape index (κ1) is 17.7. The normalized spacial score (nSPS) is 21.5. The summed E-state index contributed by atoms with van der Waals surface area (Å²) in [5.41, 5.74) is 3.10. The molecule has 3 heterocycles. The maximum absolute atomic E-state index is 12.7. The van der Waals surface area contributed by atoms with Crippen LogP contribution in [0.25, 0.3) is 0 Å². The van der Waals surface area contributed by atoms with Crippen LogP contribution in [0.3, 0.4) is 0 Å². The smallest absolute Gasteiger partial charge is 0.217 e. The lowest BCUT2D eigenvalue weighted by molar-refractivity contribution is -0.0785. The first-order chi connectivity index (χ1) is 12.6. The second-order valence-corrected chi connectivity index (χ2v) is 8.71. The molecule has 1 fully saturated rings. The number of rotatable bonds is 5. The molecule has 0 amide bonds. The number of ether oxygens (including phenoxy) is 2. The lowest BCUT2D eigenvalue weighted by atomic mass is 10.1. The molecule has 0 spiro atoms. The van der Waals surface area contributed by atoms with Crippen LogP contribution >= 0.6 is 0 Å². The Kier molecular flexibility index (Phi) is 5.08. The van der Waals surface area contributed by atoms with Crippen LogP contribution in [-0.4, -0.2) is 60.7 Å². The summed E-state index contributed by atoms with van der Waals surface area (Å²) in [7, 11) is -3.39. The van der Waals surface area contributed by atoms with Crippen molar-refractivity contribution in [1.82, 2.24) is 14.1 Å². The Morgan fingerprint density at radius 1 is 1.15 bits per heavy atom. The molecule has 7 nitrogen and oxygen atoms in total. The van der Waals surface area contributed by atoms with Crippen LogP contribution in [-0.2, 0) is 39.0 Å². The Hall–Kier alpha value is -1.74. The van der Waals surface area contributed by atoms with Gasteiger partial charge in [0.05, 0.1) is 56.2 Å². The third-order valence-electron chi connectivity index (χ3n) is 4.72. The molecule has 2 aliphatic rings. The van der Waals surface area contributed by atoms with Crippen molar-refractivity contribution >= 4 is 10.0 Å². The van der Waals surface area contributed by atoms with Crippen molar-refractivity contribution in [3.8, 4) is 0 Å². The van der Waals surface area contributed by atoms with Crippen LogP contribution in [0, 0.1) is 0 Å². The molecule has 1 aromatic heterocycles. The maximum Gasteiger partial charge on any atom is 0.217 e. The van der Waals surface area contributed by atoms with Gasteiger partial charge in [0, 0.05) is 13.0 Å². The monoisotopic (exact) mass is 377 g/mol. The minimum atomic E-state index is -3.39. The van der Waals surface area contributed by atoms with Gasteiger partial charge in [-0.2, -0.15) is 9.40 Å². The molecule has 0 N–H and O–H groups in total. The summed E-state index contributed by atoms with van der Waals surface area (Å²) in [5.74, 6) is -0.0298. The average Bonchev–Trinajstić information content (AvgIpc) is 3.04. The van der Waals surface area contributed by atoms with Gasteiger partial charge in [-0.1, -0.05) is 30.3 Å². The Morgan fingerprint density at radius 2 is 2.00 bits per heavy atom. The summed E-state index contributed by atoms with van der Waals surface area (Å²) in [5, 5.41) is 4.63. The number of sulfonamides is 1. The van der Waals surface area contributed by atoms with Crippen LogP contribution in [0.2, 0.25) is 0 Å². The van der Waals surface area contributed by atoms with Crippen molar-refractivity contribution in [1.29, 1.82) is 0 Å². The van der Waals surface area contributed by atoms with E-state index >= 15 is 0 Å². The molecule has 1 aromatic carbocycles. The molecule has 1 atom stereocenters. The van der Waals surface area contributed by atoms with E-state index in [9.17, 15) is 8.42 Å². The molecule has 2 aromatic rings. The number of nitrogens with zero attached hydrogens (tertiary/aromatic N) is 3. The fraction of sp³-hybridized carbons (Fsp3) is 0.500. The summed E-state index contributed by atoms with van der Waals surface area (Å²) >= 11 is 0. The Morgan fingerprint density at radius 3 is 2.77 bits per heavy atom. The second kappa shape index (κ2) is 7.48. The lowest BCUT2D eigenvalue weighted by Gasteiger charge is -2.29. The van der Waals surface area contributed by atoms with Gasteiger partial charge in [0.15, 0.2) is 0 Å². The van der Waals surface area contributed by atoms with Crippen molar-refractivity contribution in [3.05, 3.63) is 53.3 Å². The maximum atomic E-state index is 12.7. The van der Waals surface area contributed by atoms with E-state index in [0.29, 0.717) is 39.5 Å². The molecule has 4 rings (SSSR count). The first-order valence-corrected chi connectivity index (χ1v) is 10.5. The van der Waals surface area contributed by atoms with Crippen LogP contribution in [0.1, 0.15) is 17.0 Å². The minimum absolute atomic E-state index is 0.0298. The number of hydrogen-bond donors (Lipinski definition) is 0. The van der Waals surface area contributed by atoms with Gasteiger partial charge in [-0.15, -0.1) is 0 Å². The quantitative estimate of drug-likeness (QED) is 0.778. The van der Waals surface area contributed by atoms with E-state index in [1.54, 1.807) is 0 Å². The van der Waals surface area contributed by atoms with Gasteiger partial charge in [-0.25, -0.2) is 8.42 Å². The predicted molar refractivity (Wildman–Crippen MR) is 96.2 cm³/mol. The zero-order valence-electron chi connectivity index (χ0n) is 14.6. The highest BCUT2D eigenvalue weighted by molar-refractivity contribution is 7.89. The van der Waals surface area contributed by atoms with Crippen LogP contribution in [0.4, 0.5) is 0 Å². The van der Waals surface area contributed by atoms with Gasteiger partial charge >= 0.3 is 0 Å². The Bertz CT molecular complexity index is 845. The van der Waals surface area contributed by atoms with Crippen molar-refractivity contribution in [2.45, 2.75) is 25.6 Å². The summed E-state index contributed by atoms with van der Waals surface area (Å²) in [4.78, 5) is 0. The van der Waals surface area contributed by atoms with E-state index in [1.165, 1.54) is 9.87 Å². The fourth-order valence-corrected chi connectivity index (χ4v) is 4.97. The molecule has 1 saturated heterocycles. The van der Waals surface area contributed by atoms with E-state index in [2.05, 4.69) is 17.2 Å². The largest absolute Gasteiger partial charge is 0.376 e. The molecule has 0 bridgehead atoms. The zero-order chi connectivity index (χ0) is 18.0. The molecule has 0 aliphatic carbocycles. The first-order valence-electron chi connectivity index (χ1n) is 8.87. The zero-order valence-corrected chi connectivity index (χ0v) is 15.4. The van der Waals surface area contributed by atoms with Crippen molar-refractivity contribution in [2.24, 2.45) is 0 Å². The number of hydrogen-bond acceptors (Lipinski definition) is 5. The number of fused-ring (bicyclic) bond motifs is 1. The molecule has 8 heteroatoms. The summed E-state index contributed by atoms with van der Waals surface area (Å²) in [6, 6.07) is 12.2. The molecular formula is C18H23N3O4S. The summed E-state index contributed by atoms with van der Waals surface area (Å²) in [6.07, 6.45) is 0.370. The number of aromatic nitrogens is 2. The highest BCUT2D eigenvalue weighted by atomic mass is 32.2. The van der Waals surface area contributed by atoms with Crippen molar-refractivity contribution in [2.75, 3.05) is 32.1 Å². The summed E-state index contributed by atoms with van der Waals surface area (Å²) < 4.78 is 39.7. The van der Waals surface area contributed by atoms with Gasteiger partial charge in [-0.3, -0.25) is 4.68 Å². The highest BCUT2D eigenvalue weighted by Crippen LogP contribution is 2.20. The molecule has 0 radical (unpaired) electrons. The van der Waals surface area contributed by atoms with E-state index in [-0.39, 0.29) is 11.9 Å². The topological polar surface area (TPSA) is 73.7 Å². The van der Waals surface area contributed by atoms with E-state index < -0.39 is 10.0 Å². The Balaban J connectivity index is 1.43. The molecule has 0 unspecified atom stereocenters. The Labute approximate surface area is 153 Å². The van der Waals surface area contributed by atoms with Crippen molar-refractivity contribution < 1.29 is 17.9 Å². The van der Waals surface area contributed by atoms with Crippen LogP contribution in [0.15, 0.2) is 36.4 Å². The van der Waals surface area contributed by atoms with E-state index in [1.807, 2.05) is 28.9 Å². The minimum Gasteiger partial charge on any atom is -0.376 e. The highest BCUT2D eigenvalue weighted by Gasteiger charge is 2.31. The molecule has 0 saturated carbocycles. The predicted octanol–water partition coefficient (Wildman–Crippen LogP) is 1.03. The lowest BCUT2D eigenvalue weighted by Crippen LogP contribution is -2.44. The standard InChI is InChI=1S/C18H23N3O4S/c22-26(23,14-18-13-24-8-9-25-18)20-6-7-21-17(12-20)11-16(19-21)10-15-4-2-1-3-5-15/h1-5,11,18H,6-10,12-14H2/t18-/m1/s1. The van der Waals surface area contributed by atoms with E-state index in [4.69, 9.17) is 9.47 Å². The fourth-order valence-electron chi connectivity index (χ4n) is 3.40. The second-order valence-electron chi connectivity index (χ2n) is 6.69. The van der Waals surface area contributed by atoms with Crippen LogP contribution < -0.4 is 0 Å². The van der Waals surface area contributed by atoms with Gasteiger partial charge in [0.25, 0.3) is 0 Å². The SMILES string of the molecule is O=S(=O)(C[C@H]1COCCO1)N1CCn2nc(Cc3ccccc3)cc2C1. The molecule has 2 aliphatic heterocycles. The average molecular weight is 377 g/mol. The third-order valence-corrected chi connectivity index (χ3v) is 6.61. The van der Waals surface area contributed by atoms with Gasteiger partial charge in [-0.05, 0) is 11.6 Å². The molecular weight excluding hydrogens is 354 g/mol. The molecule has 26 heavy (non-hydrogen) atoms. The van der Waals surface area contributed by atoms with Crippen LogP contribution in [0.5, 0.6) is 0 Å². The van der Waals surface area contributed by atoms with Gasteiger partial charge in [0.1, 0.15) is 0 Å². The number of benzene rings is 1. The van der Waals surface area contributed by atoms with E-state index in [0.717, 1.165) is 17.8 Å². The van der Waals surface area contributed by atoms with Gasteiger partial charge < -0.3 is 9.47 Å². The molecule has 140 valence electrons. The van der Waals surface area contributed by atoms with Crippen molar-refractivity contribution in [3.63, 3.8) is 0 Å². The van der Waals surface area contributed by atoms with Gasteiger partial charge in [0.2, 0.25) is 10.0 Å². The summed E-state index contributed by atoms with van der Waals surface area (Å²) in [6.45, 7) is 2.70.